The number of nitrogens with one attached hydrogen (secondary N) is 1. The molecule has 1 saturated heterocycles. The monoisotopic (exact) mass is 461 g/mol. The summed E-state index contributed by atoms with van der Waals surface area (Å²) < 4.78 is 33.1. The molecule has 34 heavy (non-hydrogen) atoms. The van der Waals surface area contributed by atoms with Gasteiger partial charge in [-0.1, -0.05) is 6.07 Å². The molecular weight excluding hydrogens is 440 g/mol. The van der Waals surface area contributed by atoms with Gasteiger partial charge in [-0.25, -0.2) is 18.7 Å². The zero-order valence-electron chi connectivity index (χ0n) is 18.5. The first-order valence-electron chi connectivity index (χ1n) is 10.7. The fourth-order valence-electron chi connectivity index (χ4n) is 4.11. The van der Waals surface area contributed by atoms with E-state index < -0.39 is 11.6 Å². The molecule has 1 N–H and O–H groups in total. The molecule has 0 spiro atoms. The summed E-state index contributed by atoms with van der Waals surface area (Å²) >= 11 is 0. The second-order valence-electron chi connectivity index (χ2n) is 7.93. The van der Waals surface area contributed by atoms with E-state index in [1.165, 1.54) is 13.2 Å². The molecule has 2 aromatic carbocycles. The molecule has 172 valence electrons. The maximum absolute atomic E-state index is 14.0. The van der Waals surface area contributed by atoms with Gasteiger partial charge in [0.05, 0.1) is 7.11 Å². The van der Waals surface area contributed by atoms with E-state index in [1.54, 1.807) is 31.6 Å². The normalized spacial score (nSPS) is 15.2. The first kappa shape index (κ1) is 21.7. The molecule has 3 heterocycles. The van der Waals surface area contributed by atoms with E-state index >= 15 is 0 Å². The Morgan fingerprint density at radius 1 is 1.09 bits per heavy atom. The first-order valence-corrected chi connectivity index (χ1v) is 10.7. The summed E-state index contributed by atoms with van der Waals surface area (Å²) in [6.45, 7) is 0.633. The largest absolute Gasteiger partial charge is 0.494 e. The predicted octanol–water partition coefficient (Wildman–Crippen LogP) is 3.97. The number of methoxy groups -OCH3 is 1. The van der Waals surface area contributed by atoms with Crippen molar-refractivity contribution in [2.45, 2.75) is 12.5 Å². The molecule has 1 unspecified atom stereocenters. The van der Waals surface area contributed by atoms with Gasteiger partial charge in [-0.3, -0.25) is 9.78 Å². The van der Waals surface area contributed by atoms with Gasteiger partial charge in [0.15, 0.2) is 17.5 Å². The quantitative estimate of drug-likeness (QED) is 0.485. The highest BCUT2D eigenvalue weighted by atomic mass is 19.2. The van der Waals surface area contributed by atoms with E-state index in [2.05, 4.69) is 10.3 Å². The number of carbonyl (C=O) groups excluding carboxylic acids is 1. The van der Waals surface area contributed by atoms with Crippen molar-refractivity contribution in [1.82, 2.24) is 20.3 Å². The highest BCUT2D eigenvalue weighted by Crippen LogP contribution is 2.39. The van der Waals surface area contributed by atoms with Crippen molar-refractivity contribution in [2.75, 3.05) is 25.6 Å². The number of ether oxygens (including phenoxy) is 1. The lowest BCUT2D eigenvalue weighted by atomic mass is 9.98. The van der Waals surface area contributed by atoms with Crippen LogP contribution < -0.4 is 15.0 Å². The van der Waals surface area contributed by atoms with E-state index in [1.807, 2.05) is 17.0 Å². The Hall–Kier alpha value is -4.14. The van der Waals surface area contributed by atoms with Crippen molar-refractivity contribution in [3.8, 4) is 28.3 Å². The van der Waals surface area contributed by atoms with Crippen LogP contribution in [-0.2, 0) is 4.79 Å². The number of hydrogen-bond donors (Lipinski definition) is 1. The molecule has 0 bridgehead atoms. The van der Waals surface area contributed by atoms with Crippen molar-refractivity contribution in [3.63, 3.8) is 0 Å². The lowest BCUT2D eigenvalue weighted by Gasteiger charge is -2.41. The molecule has 7 nitrogen and oxygen atoms in total. The molecule has 1 fully saturated rings. The number of likely N-dealkylation sites (N-methyl/N-ethyl adjacent to an activating group) is 1. The average Bonchev–Trinajstić information content (AvgIpc) is 2.84. The number of halogens is 2. The Balaban J connectivity index is 1.76. The molecule has 0 radical (unpaired) electrons. The van der Waals surface area contributed by atoms with Crippen LogP contribution in [0.4, 0.5) is 14.6 Å². The minimum Gasteiger partial charge on any atom is -0.494 e. The third kappa shape index (κ3) is 3.68. The molecule has 0 aliphatic carbocycles. The summed E-state index contributed by atoms with van der Waals surface area (Å²) in [5.41, 5.74) is 2.35. The third-order valence-corrected chi connectivity index (χ3v) is 5.98. The number of hydrogen-bond acceptors (Lipinski definition) is 6. The van der Waals surface area contributed by atoms with Gasteiger partial charge in [-0.05, 0) is 53.9 Å². The fraction of sp³-hybridized carbons (Fsp3) is 0.200. The van der Waals surface area contributed by atoms with Crippen molar-refractivity contribution >= 4 is 22.6 Å². The summed E-state index contributed by atoms with van der Waals surface area (Å²) in [4.78, 5) is 28.1. The standard InChI is InChI=1S/C25H21F2N5O2/c1-28-25(33)20-7-9-32(20)24-17-10-16(14-5-6-18(26)19(27)11-14)12-21(34-2)22(17)30-23(31-24)15-4-3-8-29-13-15/h3-6,8,10-13,20H,7,9H2,1-2H3,(H,28,33). The number of amides is 1. The van der Waals surface area contributed by atoms with Crippen molar-refractivity contribution in [1.29, 1.82) is 0 Å². The molecule has 0 saturated carbocycles. The second kappa shape index (κ2) is 8.66. The molecule has 1 aliphatic heterocycles. The second-order valence-corrected chi connectivity index (χ2v) is 7.93. The summed E-state index contributed by atoms with van der Waals surface area (Å²) in [5.74, 6) is -0.519. The van der Waals surface area contributed by atoms with Crippen LogP contribution in [0, 0.1) is 11.6 Å². The number of aromatic nitrogens is 3. The van der Waals surface area contributed by atoms with E-state index in [0.717, 1.165) is 17.7 Å². The lowest BCUT2D eigenvalue weighted by Crippen LogP contribution is -2.56. The van der Waals surface area contributed by atoms with Crippen LogP contribution in [0.25, 0.3) is 33.4 Å². The van der Waals surface area contributed by atoms with Crippen LogP contribution in [0.2, 0.25) is 0 Å². The van der Waals surface area contributed by atoms with Crippen LogP contribution in [0.3, 0.4) is 0 Å². The highest BCUT2D eigenvalue weighted by Gasteiger charge is 2.36. The van der Waals surface area contributed by atoms with Gasteiger partial charge < -0.3 is 15.0 Å². The molecule has 2 aromatic heterocycles. The molecule has 4 aromatic rings. The van der Waals surface area contributed by atoms with Gasteiger partial charge in [0.25, 0.3) is 0 Å². The van der Waals surface area contributed by atoms with Crippen LogP contribution >= 0.6 is 0 Å². The van der Waals surface area contributed by atoms with Gasteiger partial charge in [-0.2, -0.15) is 0 Å². The zero-order valence-corrected chi connectivity index (χ0v) is 18.5. The van der Waals surface area contributed by atoms with E-state index in [9.17, 15) is 13.6 Å². The number of benzene rings is 2. The Morgan fingerprint density at radius 2 is 1.94 bits per heavy atom. The summed E-state index contributed by atoms with van der Waals surface area (Å²) in [7, 11) is 3.12. The van der Waals surface area contributed by atoms with Crippen LogP contribution in [-0.4, -0.2) is 47.6 Å². The number of nitrogens with zero attached hydrogens (tertiary/aromatic N) is 4. The minimum atomic E-state index is -0.942. The van der Waals surface area contributed by atoms with Crippen molar-refractivity contribution in [2.24, 2.45) is 0 Å². The fourth-order valence-corrected chi connectivity index (χ4v) is 4.11. The number of fused-ring (bicyclic) bond motifs is 1. The summed E-state index contributed by atoms with van der Waals surface area (Å²) in [5, 5.41) is 3.34. The Bertz CT molecular complexity index is 1400. The SMILES string of the molecule is CNC(=O)C1CCN1c1nc(-c2cccnc2)nc2c(OC)cc(-c3ccc(F)c(F)c3)cc12. The highest BCUT2D eigenvalue weighted by molar-refractivity contribution is 6.00. The van der Waals surface area contributed by atoms with Gasteiger partial charge in [0.1, 0.15) is 23.1 Å². The number of anilines is 1. The predicted molar refractivity (Wildman–Crippen MR) is 124 cm³/mol. The van der Waals surface area contributed by atoms with Crippen LogP contribution in [0.15, 0.2) is 54.9 Å². The average molecular weight is 461 g/mol. The summed E-state index contributed by atoms with van der Waals surface area (Å²) in [6, 6.07) is 10.5. The molecule has 9 heteroatoms. The lowest BCUT2D eigenvalue weighted by molar-refractivity contribution is -0.123. The van der Waals surface area contributed by atoms with Crippen LogP contribution in [0.5, 0.6) is 5.75 Å². The maximum atomic E-state index is 14.0. The van der Waals surface area contributed by atoms with Crippen molar-refractivity contribution < 1.29 is 18.3 Å². The Labute approximate surface area is 194 Å². The Kier molecular flexibility index (Phi) is 5.53. The van der Waals surface area contributed by atoms with Gasteiger partial charge in [-0.15, -0.1) is 0 Å². The first-order chi connectivity index (χ1) is 16.5. The number of pyridine rings is 1. The van der Waals surface area contributed by atoms with E-state index in [-0.39, 0.29) is 11.9 Å². The molecule has 1 aliphatic rings. The third-order valence-electron chi connectivity index (χ3n) is 5.98. The topological polar surface area (TPSA) is 80.2 Å². The Morgan fingerprint density at radius 3 is 2.59 bits per heavy atom. The van der Waals surface area contributed by atoms with Crippen LogP contribution in [0.1, 0.15) is 6.42 Å². The minimum absolute atomic E-state index is 0.107. The molecule has 1 atom stereocenters. The molecule has 1 amide bonds. The molecular formula is C25H21F2N5O2. The number of rotatable bonds is 5. The van der Waals surface area contributed by atoms with Gasteiger partial charge >= 0.3 is 0 Å². The smallest absolute Gasteiger partial charge is 0.242 e. The summed E-state index contributed by atoms with van der Waals surface area (Å²) in [6.07, 6.45) is 4.02. The zero-order chi connectivity index (χ0) is 23.8. The van der Waals surface area contributed by atoms with Gasteiger partial charge in [0, 0.05) is 36.9 Å². The maximum Gasteiger partial charge on any atom is 0.242 e. The number of carbonyl (C=O) groups is 1. The van der Waals surface area contributed by atoms with Crippen molar-refractivity contribution in [3.05, 3.63) is 66.5 Å². The van der Waals surface area contributed by atoms with E-state index in [4.69, 9.17) is 14.7 Å². The van der Waals surface area contributed by atoms with E-state index in [0.29, 0.717) is 52.4 Å². The van der Waals surface area contributed by atoms with Gasteiger partial charge in [0.2, 0.25) is 5.91 Å². The molecule has 5 rings (SSSR count).